The summed E-state index contributed by atoms with van der Waals surface area (Å²) >= 11 is 0. The number of carbonyl (C=O) groups excluding carboxylic acids is 1. The number of hydrazone groups is 1. The molecule has 29 heavy (non-hydrogen) atoms. The molecule has 3 aromatic rings. The summed E-state index contributed by atoms with van der Waals surface area (Å²) in [5.41, 5.74) is 4.25. The molecular weight excluding hydrogens is 366 g/mol. The van der Waals surface area contributed by atoms with E-state index >= 15 is 0 Å². The van der Waals surface area contributed by atoms with Crippen LogP contribution in [-0.4, -0.2) is 31.9 Å². The minimum absolute atomic E-state index is 0.124. The number of hydrogen-bond acceptors (Lipinski definition) is 5. The summed E-state index contributed by atoms with van der Waals surface area (Å²) in [6, 6.07) is 19.5. The Balaban J connectivity index is 1.57. The number of benzene rings is 3. The number of anilines is 1. The van der Waals surface area contributed by atoms with E-state index in [9.17, 15) is 4.79 Å². The molecule has 1 amide bonds. The van der Waals surface area contributed by atoms with Crippen LogP contribution in [0.25, 0.3) is 10.8 Å². The topological polar surface area (TPSA) is 72.0 Å². The van der Waals surface area contributed by atoms with Gasteiger partial charge in [0.2, 0.25) is 0 Å². The maximum absolute atomic E-state index is 12.1. The van der Waals surface area contributed by atoms with Crippen molar-refractivity contribution in [2.45, 2.75) is 13.8 Å². The van der Waals surface area contributed by atoms with Crippen LogP contribution < -0.4 is 20.2 Å². The van der Waals surface area contributed by atoms with Gasteiger partial charge in [0.15, 0.2) is 11.5 Å². The van der Waals surface area contributed by atoms with Gasteiger partial charge in [0, 0.05) is 11.1 Å². The minimum Gasteiger partial charge on any atom is -0.490 e. The van der Waals surface area contributed by atoms with E-state index in [4.69, 9.17) is 9.47 Å². The molecule has 0 heterocycles. The zero-order chi connectivity index (χ0) is 20.5. The first kappa shape index (κ1) is 20.2. The smallest absolute Gasteiger partial charge is 0.259 e. The molecule has 0 aliphatic rings. The van der Waals surface area contributed by atoms with E-state index in [1.165, 1.54) is 0 Å². The summed E-state index contributed by atoms with van der Waals surface area (Å²) < 4.78 is 11.1. The van der Waals surface area contributed by atoms with E-state index in [-0.39, 0.29) is 12.5 Å². The number of carbonyl (C=O) groups is 1. The molecule has 0 spiro atoms. The van der Waals surface area contributed by atoms with Crippen LogP contribution in [0.15, 0.2) is 65.8 Å². The van der Waals surface area contributed by atoms with Crippen LogP contribution in [0.5, 0.6) is 11.5 Å². The van der Waals surface area contributed by atoms with Crippen LogP contribution in [0.1, 0.15) is 19.4 Å². The van der Waals surface area contributed by atoms with E-state index in [0.29, 0.717) is 24.7 Å². The largest absolute Gasteiger partial charge is 0.490 e. The number of nitrogens with zero attached hydrogens (tertiary/aromatic N) is 1. The second-order valence-electron chi connectivity index (χ2n) is 6.25. The lowest BCUT2D eigenvalue weighted by atomic mass is 10.1. The summed E-state index contributed by atoms with van der Waals surface area (Å²) in [6.45, 7) is 5.07. The van der Waals surface area contributed by atoms with Gasteiger partial charge in [-0.3, -0.25) is 4.79 Å². The predicted molar refractivity (Wildman–Crippen MR) is 117 cm³/mol. The molecule has 0 atom stereocenters. The Kier molecular flexibility index (Phi) is 7.05. The number of fused-ring (bicyclic) bond motifs is 1. The van der Waals surface area contributed by atoms with E-state index in [2.05, 4.69) is 15.8 Å². The van der Waals surface area contributed by atoms with Crippen LogP contribution in [0.4, 0.5) is 5.69 Å². The van der Waals surface area contributed by atoms with Gasteiger partial charge in [-0.25, -0.2) is 5.43 Å². The first-order valence-electron chi connectivity index (χ1n) is 9.64. The molecule has 0 unspecified atom stereocenters. The minimum atomic E-state index is -0.231. The second kappa shape index (κ2) is 10.1. The maximum Gasteiger partial charge on any atom is 0.259 e. The van der Waals surface area contributed by atoms with Crippen LogP contribution in [0, 0.1) is 0 Å². The van der Waals surface area contributed by atoms with Gasteiger partial charge < -0.3 is 14.8 Å². The molecule has 3 aromatic carbocycles. The van der Waals surface area contributed by atoms with E-state index in [1.54, 1.807) is 6.21 Å². The SMILES string of the molecule is CCOc1ccc(/C=N\NC(=O)CNc2cccc3ccccc23)cc1OCC. The van der Waals surface area contributed by atoms with Gasteiger partial charge in [-0.15, -0.1) is 0 Å². The van der Waals surface area contributed by atoms with Crippen molar-refractivity contribution in [2.75, 3.05) is 25.1 Å². The van der Waals surface area contributed by atoms with Crippen LogP contribution in [-0.2, 0) is 4.79 Å². The van der Waals surface area contributed by atoms with Gasteiger partial charge in [-0.2, -0.15) is 5.10 Å². The van der Waals surface area contributed by atoms with Crippen molar-refractivity contribution in [3.05, 3.63) is 66.2 Å². The average Bonchev–Trinajstić information content (AvgIpc) is 2.74. The lowest BCUT2D eigenvalue weighted by molar-refractivity contribution is -0.119. The Labute approximate surface area is 170 Å². The van der Waals surface area contributed by atoms with Crippen molar-refractivity contribution in [3.8, 4) is 11.5 Å². The van der Waals surface area contributed by atoms with Gasteiger partial charge in [0.05, 0.1) is 26.0 Å². The summed E-state index contributed by atoms with van der Waals surface area (Å²) in [5, 5.41) is 9.39. The van der Waals surface area contributed by atoms with Gasteiger partial charge in [-0.05, 0) is 49.1 Å². The second-order valence-corrected chi connectivity index (χ2v) is 6.25. The van der Waals surface area contributed by atoms with E-state index in [1.807, 2.05) is 74.5 Å². The highest BCUT2D eigenvalue weighted by molar-refractivity contribution is 5.95. The van der Waals surface area contributed by atoms with Gasteiger partial charge >= 0.3 is 0 Å². The molecule has 6 nitrogen and oxygen atoms in total. The highest BCUT2D eigenvalue weighted by atomic mass is 16.5. The van der Waals surface area contributed by atoms with Crippen molar-refractivity contribution in [1.82, 2.24) is 5.43 Å². The average molecular weight is 391 g/mol. The van der Waals surface area contributed by atoms with Gasteiger partial charge in [0.1, 0.15) is 0 Å². The molecule has 0 saturated carbocycles. The number of nitrogens with one attached hydrogen (secondary N) is 2. The fourth-order valence-corrected chi connectivity index (χ4v) is 2.92. The van der Waals surface area contributed by atoms with Gasteiger partial charge in [0.25, 0.3) is 5.91 Å². The fraction of sp³-hybridized carbons (Fsp3) is 0.217. The first-order chi connectivity index (χ1) is 14.2. The molecule has 0 aliphatic carbocycles. The molecule has 3 rings (SSSR count). The molecule has 0 aromatic heterocycles. The fourth-order valence-electron chi connectivity index (χ4n) is 2.92. The molecule has 0 radical (unpaired) electrons. The highest BCUT2D eigenvalue weighted by Gasteiger charge is 2.06. The Hall–Kier alpha value is -3.54. The van der Waals surface area contributed by atoms with Crippen molar-refractivity contribution in [1.29, 1.82) is 0 Å². The molecule has 0 aliphatic heterocycles. The molecule has 150 valence electrons. The third-order valence-corrected chi connectivity index (χ3v) is 4.20. The number of ether oxygens (including phenoxy) is 2. The summed E-state index contributed by atoms with van der Waals surface area (Å²) in [6.07, 6.45) is 1.58. The lowest BCUT2D eigenvalue weighted by Crippen LogP contribution is -2.25. The standard InChI is InChI=1S/C23H25N3O3/c1-3-28-21-13-12-17(14-22(21)29-4-2)15-25-26-23(27)16-24-20-11-7-9-18-8-5-6-10-19(18)20/h5-15,24H,3-4,16H2,1-2H3,(H,26,27)/b25-15-. The molecule has 2 N–H and O–H groups in total. The van der Waals surface area contributed by atoms with Gasteiger partial charge in [-0.1, -0.05) is 36.4 Å². The van der Waals surface area contributed by atoms with Crippen LogP contribution in [0.3, 0.4) is 0 Å². The third kappa shape index (κ3) is 5.48. The Morgan fingerprint density at radius 1 is 0.966 bits per heavy atom. The van der Waals surface area contributed by atoms with E-state index < -0.39 is 0 Å². The highest BCUT2D eigenvalue weighted by Crippen LogP contribution is 2.28. The first-order valence-corrected chi connectivity index (χ1v) is 9.64. The lowest BCUT2D eigenvalue weighted by Gasteiger charge is -2.11. The Morgan fingerprint density at radius 2 is 1.72 bits per heavy atom. The van der Waals surface area contributed by atoms with Crippen LogP contribution in [0.2, 0.25) is 0 Å². The predicted octanol–water partition coefficient (Wildman–Crippen LogP) is 4.20. The number of rotatable bonds is 9. The molecule has 0 bridgehead atoms. The molecule has 6 heteroatoms. The van der Waals surface area contributed by atoms with Crippen molar-refractivity contribution in [3.63, 3.8) is 0 Å². The summed E-state index contributed by atoms with van der Waals surface area (Å²) in [4.78, 5) is 12.1. The summed E-state index contributed by atoms with van der Waals surface area (Å²) in [5.74, 6) is 1.11. The monoisotopic (exact) mass is 391 g/mol. The zero-order valence-corrected chi connectivity index (χ0v) is 16.6. The van der Waals surface area contributed by atoms with E-state index in [0.717, 1.165) is 22.0 Å². The van der Waals surface area contributed by atoms with Crippen molar-refractivity contribution < 1.29 is 14.3 Å². The zero-order valence-electron chi connectivity index (χ0n) is 16.6. The Morgan fingerprint density at radius 3 is 2.55 bits per heavy atom. The number of hydrogen-bond donors (Lipinski definition) is 2. The quantitative estimate of drug-likeness (QED) is 0.424. The third-order valence-electron chi connectivity index (χ3n) is 4.20. The van der Waals surface area contributed by atoms with Crippen molar-refractivity contribution >= 4 is 28.6 Å². The maximum atomic E-state index is 12.1. The molecule has 0 saturated heterocycles. The molecular formula is C23H25N3O3. The van der Waals surface area contributed by atoms with Crippen molar-refractivity contribution in [2.24, 2.45) is 5.10 Å². The normalized spacial score (nSPS) is 10.8. The Bertz CT molecular complexity index is 996. The summed E-state index contributed by atoms with van der Waals surface area (Å²) in [7, 11) is 0. The molecule has 0 fully saturated rings. The number of amides is 1. The van der Waals surface area contributed by atoms with Crippen LogP contribution >= 0.6 is 0 Å².